The molecule has 1 fully saturated rings. The van der Waals surface area contributed by atoms with Crippen LogP contribution in [0.15, 0.2) is 0 Å². The van der Waals surface area contributed by atoms with Crippen LogP contribution in [0, 0.1) is 23.2 Å². The van der Waals surface area contributed by atoms with Crippen molar-refractivity contribution in [3.05, 3.63) is 0 Å². The van der Waals surface area contributed by atoms with E-state index in [2.05, 4.69) is 31.0 Å². The molecule has 0 radical (unpaired) electrons. The van der Waals surface area contributed by atoms with Gasteiger partial charge >= 0.3 is 5.97 Å². The molecule has 1 aliphatic carbocycles. The van der Waals surface area contributed by atoms with Crippen molar-refractivity contribution in [3.8, 4) is 0 Å². The summed E-state index contributed by atoms with van der Waals surface area (Å²) < 4.78 is 0. The smallest absolute Gasteiger partial charge is 0.307 e. The SMILES string of the molecule is CCC1CC(C(=O)O)C(C(=O)NCC(C)(C)CN(C)C)C1. The molecular formula is C16H30N2O3. The second kappa shape index (κ2) is 7.25. The van der Waals surface area contributed by atoms with E-state index in [0.717, 1.165) is 13.0 Å². The second-order valence-corrected chi connectivity index (χ2v) is 7.42. The molecule has 3 atom stereocenters. The number of carbonyl (C=O) groups excluding carboxylic acids is 1. The zero-order valence-electron chi connectivity index (χ0n) is 14.0. The van der Waals surface area contributed by atoms with Gasteiger partial charge in [-0.15, -0.1) is 0 Å². The molecule has 0 aromatic heterocycles. The quantitative estimate of drug-likeness (QED) is 0.752. The van der Waals surface area contributed by atoms with Gasteiger partial charge in [0, 0.05) is 13.1 Å². The summed E-state index contributed by atoms with van der Waals surface area (Å²) in [4.78, 5) is 25.8. The molecule has 21 heavy (non-hydrogen) atoms. The largest absolute Gasteiger partial charge is 0.481 e. The average molecular weight is 298 g/mol. The van der Waals surface area contributed by atoms with Gasteiger partial charge in [0.05, 0.1) is 11.8 Å². The third kappa shape index (κ3) is 5.30. The Labute approximate surface area is 128 Å². The summed E-state index contributed by atoms with van der Waals surface area (Å²) >= 11 is 0. The number of rotatable bonds is 7. The summed E-state index contributed by atoms with van der Waals surface area (Å²) in [7, 11) is 4.01. The molecule has 5 heteroatoms. The fraction of sp³-hybridized carbons (Fsp3) is 0.875. The number of carboxylic acids is 1. The van der Waals surface area contributed by atoms with Gasteiger partial charge in [-0.2, -0.15) is 0 Å². The van der Waals surface area contributed by atoms with E-state index in [4.69, 9.17) is 0 Å². The van der Waals surface area contributed by atoms with Gasteiger partial charge in [-0.05, 0) is 38.3 Å². The number of carbonyl (C=O) groups is 2. The van der Waals surface area contributed by atoms with E-state index in [0.29, 0.717) is 25.3 Å². The van der Waals surface area contributed by atoms with Crippen LogP contribution in [-0.2, 0) is 9.59 Å². The van der Waals surface area contributed by atoms with Crippen molar-refractivity contribution >= 4 is 11.9 Å². The number of nitrogens with one attached hydrogen (secondary N) is 1. The Hall–Kier alpha value is -1.10. The Bertz CT molecular complexity index is 380. The summed E-state index contributed by atoms with van der Waals surface area (Å²) in [5, 5.41) is 12.3. The summed E-state index contributed by atoms with van der Waals surface area (Å²) in [6.07, 6.45) is 2.28. The van der Waals surface area contributed by atoms with Crippen LogP contribution in [0.5, 0.6) is 0 Å². The number of nitrogens with zero attached hydrogens (tertiary/aromatic N) is 1. The van der Waals surface area contributed by atoms with Crippen LogP contribution in [-0.4, -0.2) is 49.1 Å². The molecule has 0 heterocycles. The number of hydrogen-bond acceptors (Lipinski definition) is 3. The molecule has 0 aromatic rings. The molecule has 0 aliphatic heterocycles. The topological polar surface area (TPSA) is 69.6 Å². The van der Waals surface area contributed by atoms with E-state index in [-0.39, 0.29) is 17.2 Å². The Kier molecular flexibility index (Phi) is 6.20. The Morgan fingerprint density at radius 1 is 1.24 bits per heavy atom. The number of hydrogen-bond donors (Lipinski definition) is 2. The molecule has 5 nitrogen and oxygen atoms in total. The maximum absolute atomic E-state index is 12.4. The van der Waals surface area contributed by atoms with Gasteiger partial charge < -0.3 is 15.3 Å². The van der Waals surface area contributed by atoms with Crippen molar-refractivity contribution in [2.45, 2.75) is 40.0 Å². The molecule has 1 aliphatic rings. The maximum Gasteiger partial charge on any atom is 0.307 e. The van der Waals surface area contributed by atoms with Crippen molar-refractivity contribution < 1.29 is 14.7 Å². The Morgan fingerprint density at radius 3 is 2.29 bits per heavy atom. The number of aliphatic carboxylic acids is 1. The van der Waals surface area contributed by atoms with Crippen LogP contribution in [0.2, 0.25) is 0 Å². The Balaban J connectivity index is 2.59. The minimum atomic E-state index is -0.835. The molecule has 0 bridgehead atoms. The second-order valence-electron chi connectivity index (χ2n) is 7.42. The zero-order valence-corrected chi connectivity index (χ0v) is 14.0. The van der Waals surface area contributed by atoms with Crippen LogP contribution < -0.4 is 5.32 Å². The first kappa shape index (κ1) is 18.0. The molecule has 0 spiro atoms. The van der Waals surface area contributed by atoms with Crippen molar-refractivity contribution in [3.63, 3.8) is 0 Å². The number of carboxylic acid groups (broad SMARTS) is 1. The lowest BCUT2D eigenvalue weighted by Crippen LogP contribution is -2.43. The summed E-state index contributed by atoms with van der Waals surface area (Å²) in [6.45, 7) is 7.71. The predicted molar refractivity (Wildman–Crippen MR) is 83.0 cm³/mol. The molecule has 3 unspecified atom stereocenters. The van der Waals surface area contributed by atoms with Crippen LogP contribution >= 0.6 is 0 Å². The van der Waals surface area contributed by atoms with Gasteiger partial charge in [0.1, 0.15) is 0 Å². The lowest BCUT2D eigenvalue weighted by Gasteiger charge is -2.29. The van der Waals surface area contributed by atoms with Crippen molar-refractivity contribution in [1.29, 1.82) is 0 Å². The Morgan fingerprint density at radius 2 is 1.81 bits per heavy atom. The highest BCUT2D eigenvalue weighted by atomic mass is 16.4. The highest BCUT2D eigenvalue weighted by molar-refractivity contribution is 5.85. The van der Waals surface area contributed by atoms with E-state index >= 15 is 0 Å². The lowest BCUT2D eigenvalue weighted by molar-refractivity contribution is -0.146. The van der Waals surface area contributed by atoms with E-state index in [1.807, 2.05) is 14.1 Å². The monoisotopic (exact) mass is 298 g/mol. The average Bonchev–Trinajstić information content (AvgIpc) is 2.79. The van der Waals surface area contributed by atoms with Gasteiger partial charge in [0.15, 0.2) is 0 Å². The fourth-order valence-corrected chi connectivity index (χ4v) is 3.41. The number of amides is 1. The lowest BCUT2D eigenvalue weighted by atomic mass is 9.91. The predicted octanol–water partition coefficient (Wildman–Crippen LogP) is 1.83. The van der Waals surface area contributed by atoms with Crippen LogP contribution in [0.4, 0.5) is 0 Å². The molecular weight excluding hydrogens is 268 g/mol. The fourth-order valence-electron chi connectivity index (χ4n) is 3.41. The van der Waals surface area contributed by atoms with E-state index in [1.54, 1.807) is 0 Å². The van der Waals surface area contributed by atoms with Crippen molar-refractivity contribution in [2.75, 3.05) is 27.2 Å². The third-order valence-electron chi connectivity index (χ3n) is 4.38. The van der Waals surface area contributed by atoms with Crippen molar-refractivity contribution in [2.24, 2.45) is 23.2 Å². The minimum Gasteiger partial charge on any atom is -0.481 e. The van der Waals surface area contributed by atoms with Gasteiger partial charge in [0.25, 0.3) is 0 Å². The van der Waals surface area contributed by atoms with Crippen molar-refractivity contribution in [1.82, 2.24) is 10.2 Å². The van der Waals surface area contributed by atoms with E-state index < -0.39 is 11.9 Å². The standard InChI is InChI=1S/C16H30N2O3/c1-6-11-7-12(13(8-11)15(20)21)14(19)17-9-16(2,3)10-18(4)5/h11-13H,6-10H2,1-5H3,(H,17,19)(H,20,21). The van der Waals surface area contributed by atoms with Crippen LogP contribution in [0.3, 0.4) is 0 Å². The highest BCUT2D eigenvalue weighted by Gasteiger charge is 2.42. The first-order valence-electron chi connectivity index (χ1n) is 7.81. The first-order chi connectivity index (χ1) is 9.66. The summed E-state index contributed by atoms with van der Waals surface area (Å²) in [6, 6.07) is 0. The molecule has 1 rings (SSSR count). The first-order valence-corrected chi connectivity index (χ1v) is 7.81. The van der Waals surface area contributed by atoms with Gasteiger partial charge in [-0.3, -0.25) is 9.59 Å². The summed E-state index contributed by atoms with van der Waals surface area (Å²) in [5.41, 5.74) is -0.0271. The normalized spacial score (nSPS) is 26.1. The van der Waals surface area contributed by atoms with E-state index in [1.165, 1.54) is 0 Å². The molecule has 1 saturated carbocycles. The zero-order chi connectivity index (χ0) is 16.2. The van der Waals surface area contributed by atoms with Crippen LogP contribution in [0.1, 0.15) is 40.0 Å². The molecule has 2 N–H and O–H groups in total. The van der Waals surface area contributed by atoms with Gasteiger partial charge in [-0.1, -0.05) is 27.2 Å². The minimum absolute atomic E-state index is 0.0271. The molecule has 0 saturated heterocycles. The third-order valence-corrected chi connectivity index (χ3v) is 4.38. The van der Waals surface area contributed by atoms with Gasteiger partial charge in [0.2, 0.25) is 5.91 Å². The maximum atomic E-state index is 12.4. The van der Waals surface area contributed by atoms with Gasteiger partial charge in [-0.25, -0.2) is 0 Å². The van der Waals surface area contributed by atoms with E-state index in [9.17, 15) is 14.7 Å². The molecule has 0 aromatic carbocycles. The molecule has 122 valence electrons. The summed E-state index contributed by atoms with van der Waals surface area (Å²) in [5.74, 6) is -1.46. The van der Waals surface area contributed by atoms with Crippen LogP contribution in [0.25, 0.3) is 0 Å². The highest BCUT2D eigenvalue weighted by Crippen LogP contribution is 2.38. The molecule has 1 amide bonds.